The number of carbonyl (C=O) groups is 1. The van der Waals surface area contributed by atoms with Crippen molar-refractivity contribution in [3.05, 3.63) is 27.7 Å². The molecule has 4 nitrogen and oxygen atoms in total. The number of anilines is 1. The van der Waals surface area contributed by atoms with Crippen molar-refractivity contribution in [1.29, 1.82) is 0 Å². The lowest BCUT2D eigenvalue weighted by Gasteiger charge is -2.18. The first kappa shape index (κ1) is 14.0. The van der Waals surface area contributed by atoms with Gasteiger partial charge in [0, 0.05) is 11.6 Å². The van der Waals surface area contributed by atoms with E-state index in [1.165, 1.54) is 7.11 Å². The Balaban J connectivity index is 2.97. The predicted molar refractivity (Wildman–Crippen MR) is 70.5 cm³/mol. The average molecular weight is 302 g/mol. The van der Waals surface area contributed by atoms with Crippen molar-refractivity contribution < 1.29 is 14.6 Å². The van der Waals surface area contributed by atoms with Crippen molar-refractivity contribution in [2.45, 2.75) is 19.9 Å². The van der Waals surface area contributed by atoms with Gasteiger partial charge in [-0.05, 0) is 47.0 Å². The van der Waals surface area contributed by atoms with E-state index in [0.29, 0.717) is 0 Å². The molecule has 1 aromatic rings. The fourth-order valence-electron chi connectivity index (χ4n) is 1.61. The maximum atomic E-state index is 11.0. The van der Waals surface area contributed by atoms with Crippen molar-refractivity contribution in [3.8, 4) is 0 Å². The number of methoxy groups -OCH3 is 1. The fraction of sp³-hybridized carbons (Fsp3) is 0.417. The van der Waals surface area contributed by atoms with Crippen molar-refractivity contribution in [2.24, 2.45) is 0 Å². The topological polar surface area (TPSA) is 58.6 Å². The molecular formula is C12H16BrNO3. The number of hydrogen-bond acceptors (Lipinski definition) is 3. The van der Waals surface area contributed by atoms with Crippen LogP contribution in [0, 0.1) is 13.8 Å². The molecule has 0 aliphatic carbocycles. The van der Waals surface area contributed by atoms with E-state index in [0.717, 1.165) is 21.3 Å². The van der Waals surface area contributed by atoms with Gasteiger partial charge in [0.15, 0.2) is 0 Å². The second-order valence-corrected chi connectivity index (χ2v) is 4.78. The Labute approximate surface area is 109 Å². The molecule has 0 aromatic heterocycles. The zero-order valence-electron chi connectivity index (χ0n) is 10.1. The highest BCUT2D eigenvalue weighted by molar-refractivity contribution is 9.10. The molecule has 0 aliphatic rings. The van der Waals surface area contributed by atoms with Crippen LogP contribution in [0.2, 0.25) is 0 Å². The Bertz CT molecular complexity index is 397. The van der Waals surface area contributed by atoms with Crippen LogP contribution in [-0.2, 0) is 9.53 Å². The largest absolute Gasteiger partial charge is 0.480 e. The molecule has 0 fully saturated rings. The van der Waals surface area contributed by atoms with Gasteiger partial charge >= 0.3 is 5.97 Å². The minimum Gasteiger partial charge on any atom is -0.480 e. The van der Waals surface area contributed by atoms with Gasteiger partial charge in [-0.3, -0.25) is 0 Å². The lowest BCUT2D eigenvalue weighted by molar-refractivity contribution is -0.139. The lowest BCUT2D eigenvalue weighted by Crippen LogP contribution is -2.34. The zero-order valence-corrected chi connectivity index (χ0v) is 11.7. The first-order valence-corrected chi connectivity index (χ1v) is 6.00. The number of aryl methyl sites for hydroxylation is 2. The molecule has 1 atom stereocenters. The van der Waals surface area contributed by atoms with Gasteiger partial charge in [-0.25, -0.2) is 4.79 Å². The Morgan fingerprint density at radius 1 is 1.53 bits per heavy atom. The summed E-state index contributed by atoms with van der Waals surface area (Å²) in [5.41, 5.74) is 2.91. The molecule has 0 heterocycles. The maximum Gasteiger partial charge on any atom is 0.328 e. The van der Waals surface area contributed by atoms with E-state index in [2.05, 4.69) is 21.2 Å². The second kappa shape index (κ2) is 6.02. The van der Waals surface area contributed by atoms with Crippen molar-refractivity contribution in [3.63, 3.8) is 0 Å². The third-order valence-corrected chi connectivity index (χ3v) is 3.01. The monoisotopic (exact) mass is 301 g/mol. The highest BCUT2D eigenvalue weighted by atomic mass is 79.9. The van der Waals surface area contributed by atoms with Crippen molar-refractivity contribution in [2.75, 3.05) is 19.0 Å². The predicted octanol–water partition coefficient (Wildman–Crippen LogP) is 2.58. The lowest BCUT2D eigenvalue weighted by atomic mass is 10.1. The van der Waals surface area contributed by atoms with Crippen molar-refractivity contribution in [1.82, 2.24) is 0 Å². The molecule has 0 bridgehead atoms. The Morgan fingerprint density at radius 2 is 2.18 bits per heavy atom. The number of benzene rings is 1. The molecule has 94 valence electrons. The number of hydrogen-bond donors (Lipinski definition) is 2. The molecular weight excluding hydrogens is 286 g/mol. The molecule has 0 amide bonds. The maximum absolute atomic E-state index is 11.0. The van der Waals surface area contributed by atoms with Crippen LogP contribution in [0.4, 0.5) is 5.69 Å². The summed E-state index contributed by atoms with van der Waals surface area (Å²) in [7, 11) is 1.48. The summed E-state index contributed by atoms with van der Waals surface area (Å²) in [6, 6.07) is 3.19. The van der Waals surface area contributed by atoms with E-state index in [1.807, 2.05) is 26.0 Å². The van der Waals surface area contributed by atoms with Crippen LogP contribution < -0.4 is 5.32 Å². The third-order valence-electron chi connectivity index (χ3n) is 2.38. The summed E-state index contributed by atoms with van der Waals surface area (Å²) in [6.07, 6.45) is 0. The molecule has 0 saturated heterocycles. The molecule has 0 saturated carbocycles. The van der Waals surface area contributed by atoms with Gasteiger partial charge in [0.1, 0.15) is 6.04 Å². The van der Waals surface area contributed by atoms with Gasteiger partial charge in [-0.1, -0.05) is 6.07 Å². The molecule has 0 radical (unpaired) electrons. The summed E-state index contributed by atoms with van der Waals surface area (Å²) in [4.78, 5) is 11.0. The third kappa shape index (κ3) is 3.71. The number of carboxylic acid groups (broad SMARTS) is 1. The number of nitrogens with one attached hydrogen (secondary N) is 1. The summed E-state index contributed by atoms with van der Waals surface area (Å²) in [6.45, 7) is 4.05. The first-order chi connectivity index (χ1) is 7.95. The molecule has 1 rings (SSSR count). The van der Waals surface area contributed by atoms with E-state index in [-0.39, 0.29) is 6.61 Å². The van der Waals surface area contributed by atoms with E-state index in [4.69, 9.17) is 9.84 Å². The average Bonchev–Trinajstić information content (AvgIpc) is 2.21. The van der Waals surface area contributed by atoms with Gasteiger partial charge in [0.25, 0.3) is 0 Å². The smallest absolute Gasteiger partial charge is 0.328 e. The second-order valence-electron chi connectivity index (χ2n) is 3.93. The summed E-state index contributed by atoms with van der Waals surface area (Å²) < 4.78 is 5.74. The Morgan fingerprint density at radius 3 is 2.65 bits per heavy atom. The highest BCUT2D eigenvalue weighted by Crippen LogP contribution is 2.28. The van der Waals surface area contributed by atoms with Crippen LogP contribution in [0.1, 0.15) is 11.1 Å². The number of rotatable bonds is 5. The van der Waals surface area contributed by atoms with E-state index in [9.17, 15) is 4.79 Å². The summed E-state index contributed by atoms with van der Waals surface area (Å²) in [5.74, 6) is -0.932. The zero-order chi connectivity index (χ0) is 13.0. The Kier molecular flexibility index (Phi) is 4.96. The van der Waals surface area contributed by atoms with E-state index >= 15 is 0 Å². The minimum absolute atomic E-state index is 0.120. The normalized spacial score (nSPS) is 12.2. The van der Waals surface area contributed by atoms with Crippen LogP contribution in [0.15, 0.2) is 16.6 Å². The van der Waals surface area contributed by atoms with E-state index in [1.54, 1.807) is 0 Å². The Hall–Kier alpha value is -1.07. The molecule has 1 unspecified atom stereocenters. The highest BCUT2D eigenvalue weighted by Gasteiger charge is 2.18. The number of ether oxygens (including phenoxy) is 1. The fourth-order valence-corrected chi connectivity index (χ4v) is 2.40. The quantitative estimate of drug-likeness (QED) is 0.877. The molecule has 1 aromatic carbocycles. The first-order valence-electron chi connectivity index (χ1n) is 5.20. The summed E-state index contributed by atoms with van der Waals surface area (Å²) >= 11 is 3.43. The van der Waals surface area contributed by atoms with Crippen LogP contribution in [0.3, 0.4) is 0 Å². The summed E-state index contributed by atoms with van der Waals surface area (Å²) in [5, 5.41) is 12.0. The number of carboxylic acids is 1. The van der Waals surface area contributed by atoms with Crippen molar-refractivity contribution >= 4 is 27.6 Å². The minimum atomic E-state index is -0.932. The number of halogens is 1. The van der Waals surface area contributed by atoms with Gasteiger partial charge in [0.2, 0.25) is 0 Å². The van der Waals surface area contributed by atoms with E-state index < -0.39 is 12.0 Å². The van der Waals surface area contributed by atoms with Crippen LogP contribution in [0.25, 0.3) is 0 Å². The molecule has 5 heteroatoms. The molecule has 17 heavy (non-hydrogen) atoms. The van der Waals surface area contributed by atoms with Crippen LogP contribution in [-0.4, -0.2) is 30.8 Å². The SMILES string of the molecule is COCC(Nc1c(C)cc(C)cc1Br)C(=O)O. The standard InChI is InChI=1S/C12H16BrNO3/c1-7-4-8(2)11(9(13)5-7)14-10(6-17-3)12(15)16/h4-5,10,14H,6H2,1-3H3,(H,15,16). The molecule has 2 N–H and O–H groups in total. The van der Waals surface area contributed by atoms with Crippen LogP contribution in [0.5, 0.6) is 0 Å². The van der Waals surface area contributed by atoms with Gasteiger partial charge in [-0.15, -0.1) is 0 Å². The van der Waals surface area contributed by atoms with Gasteiger partial charge in [-0.2, -0.15) is 0 Å². The van der Waals surface area contributed by atoms with Gasteiger partial charge in [0.05, 0.1) is 12.3 Å². The molecule has 0 spiro atoms. The number of aliphatic carboxylic acids is 1. The van der Waals surface area contributed by atoms with Gasteiger partial charge < -0.3 is 15.2 Å². The van der Waals surface area contributed by atoms with Crippen LogP contribution >= 0.6 is 15.9 Å². The molecule has 0 aliphatic heterocycles.